The normalized spacial score (nSPS) is 46.9. The number of nitrogens with one attached hydrogen (secondary N) is 1. The Morgan fingerprint density at radius 1 is 0.833 bits per heavy atom. The molecule has 0 amide bonds. The summed E-state index contributed by atoms with van der Waals surface area (Å²) < 4.78 is 30.9. The molecule has 1 saturated heterocycles. The van der Waals surface area contributed by atoms with Crippen LogP contribution in [0.15, 0.2) is 0 Å². The number of carbonyl (C=O) groups is 2. The van der Waals surface area contributed by atoms with E-state index in [0.29, 0.717) is 61.6 Å². The van der Waals surface area contributed by atoms with Crippen LogP contribution in [0.4, 0.5) is 0 Å². The molecule has 1 heterocycles. The van der Waals surface area contributed by atoms with Crippen molar-refractivity contribution in [1.82, 2.24) is 10.2 Å². The monoisotopic (exact) mass is 774 g/mol. The lowest BCUT2D eigenvalue weighted by atomic mass is 9.32. The van der Waals surface area contributed by atoms with Crippen LogP contribution < -0.4 is 11.1 Å². The molecule has 13 atom stereocenters. The number of sulfone groups is 1. The number of hydrogen-bond donors (Lipinski definition) is 3. The first kappa shape index (κ1) is 40.9. The third-order valence-corrected chi connectivity index (χ3v) is 20.9. The van der Waals surface area contributed by atoms with E-state index in [2.05, 4.69) is 58.7 Å². The molecule has 7 rings (SSSR count). The van der Waals surface area contributed by atoms with Crippen molar-refractivity contribution in [3.05, 3.63) is 0 Å². The van der Waals surface area contributed by atoms with Gasteiger partial charge in [-0.3, -0.25) is 14.5 Å². The Balaban J connectivity index is 1.09. The van der Waals surface area contributed by atoms with Crippen LogP contribution in [-0.4, -0.2) is 85.7 Å². The highest BCUT2D eigenvalue weighted by atomic mass is 32.2. The summed E-state index contributed by atoms with van der Waals surface area (Å²) in [6, 6.07) is 0.157. The van der Waals surface area contributed by atoms with E-state index < -0.39 is 27.1 Å². The quantitative estimate of drug-likeness (QED) is 0.217. The van der Waals surface area contributed by atoms with E-state index in [0.717, 1.165) is 25.8 Å². The fourth-order valence-corrected chi connectivity index (χ4v) is 16.9. The first-order valence-corrected chi connectivity index (χ1v) is 23.7. The van der Waals surface area contributed by atoms with Gasteiger partial charge in [0.2, 0.25) is 0 Å². The van der Waals surface area contributed by atoms with E-state index in [-0.39, 0.29) is 62.7 Å². The molecule has 4 N–H and O–H groups in total. The Hall–Kier alpha value is -1.23. The van der Waals surface area contributed by atoms with Gasteiger partial charge in [0.15, 0.2) is 9.84 Å². The second-order valence-electron chi connectivity index (χ2n) is 22.0. The van der Waals surface area contributed by atoms with Crippen LogP contribution in [0.2, 0.25) is 0 Å². The number of ether oxygens (including phenoxy) is 1. The van der Waals surface area contributed by atoms with Gasteiger partial charge in [0, 0.05) is 43.2 Å². The predicted octanol–water partition coefficient (Wildman–Crippen LogP) is 6.78. The molecule has 6 saturated carbocycles. The third kappa shape index (κ3) is 6.08. The highest BCUT2D eigenvalue weighted by Gasteiger charge is 2.71. The fourth-order valence-electron chi connectivity index (χ4n) is 15.6. The Morgan fingerprint density at radius 3 is 2.13 bits per heavy atom. The molecule has 54 heavy (non-hydrogen) atoms. The minimum Gasteiger partial charge on any atom is -0.481 e. The number of carbonyl (C=O) groups excluding carboxylic acids is 1. The number of carboxylic acids is 1. The summed E-state index contributed by atoms with van der Waals surface area (Å²) in [5, 5.41) is 13.9. The molecule has 0 aromatic rings. The summed E-state index contributed by atoms with van der Waals surface area (Å²) in [7, 11) is -2.94. The summed E-state index contributed by atoms with van der Waals surface area (Å²) in [5.41, 5.74) is 6.44. The molecule has 6 aliphatic carbocycles. The molecule has 0 aromatic carbocycles. The van der Waals surface area contributed by atoms with E-state index in [1.165, 1.54) is 44.9 Å². The van der Waals surface area contributed by atoms with Crippen LogP contribution in [0, 0.1) is 74.4 Å². The van der Waals surface area contributed by atoms with Crippen molar-refractivity contribution in [2.24, 2.45) is 80.2 Å². The lowest BCUT2D eigenvalue weighted by molar-refractivity contribution is -0.249. The first-order valence-electron chi connectivity index (χ1n) is 21.9. The minimum atomic E-state index is -2.94. The van der Waals surface area contributed by atoms with Crippen molar-refractivity contribution < 1.29 is 27.9 Å². The molecule has 0 aromatic heterocycles. The van der Waals surface area contributed by atoms with Crippen molar-refractivity contribution in [2.45, 2.75) is 151 Å². The maximum atomic E-state index is 13.6. The molecular weight excluding hydrogens is 699 g/mol. The van der Waals surface area contributed by atoms with Gasteiger partial charge in [-0.2, -0.15) is 0 Å². The maximum absolute atomic E-state index is 13.6. The molecule has 10 heteroatoms. The summed E-state index contributed by atoms with van der Waals surface area (Å²) in [6.45, 7) is 24.0. The highest BCUT2D eigenvalue weighted by Crippen LogP contribution is 2.76. The van der Waals surface area contributed by atoms with E-state index in [4.69, 9.17) is 10.5 Å². The SMILES string of the molecule is CC(C)[C@@H]1CC[C@]2(NCC(CN)N3CCS(=O)(=O)CC3)CC[C@]3(C)[C@H](CC[C@@H]4[C@@]5(C)CC[C@H](OC(=O)[C@H]6C[C@@H](C(=O)O)C6(C)C)C(C)(C)[C@@H]5CC[C@]43C)[C@@H]12. The van der Waals surface area contributed by atoms with E-state index in [1.807, 2.05) is 13.8 Å². The van der Waals surface area contributed by atoms with E-state index in [9.17, 15) is 23.1 Å². The van der Waals surface area contributed by atoms with Gasteiger partial charge in [0.25, 0.3) is 0 Å². The van der Waals surface area contributed by atoms with Gasteiger partial charge in [0.05, 0.1) is 23.3 Å². The molecule has 0 spiro atoms. The summed E-state index contributed by atoms with van der Waals surface area (Å²) in [6.07, 6.45) is 12.1. The first-order chi connectivity index (χ1) is 25.1. The van der Waals surface area contributed by atoms with Gasteiger partial charge >= 0.3 is 11.9 Å². The summed E-state index contributed by atoms with van der Waals surface area (Å²) >= 11 is 0. The predicted molar refractivity (Wildman–Crippen MR) is 213 cm³/mol. The molecule has 7 aliphatic rings. The maximum Gasteiger partial charge on any atom is 0.309 e. The number of nitrogens with two attached hydrogens (primary N) is 1. The zero-order valence-corrected chi connectivity index (χ0v) is 36.0. The zero-order valence-electron chi connectivity index (χ0n) is 35.2. The van der Waals surface area contributed by atoms with Crippen LogP contribution in [0.3, 0.4) is 0 Å². The Bertz CT molecular complexity index is 1570. The molecule has 0 bridgehead atoms. The fraction of sp³-hybridized carbons (Fsp3) is 0.955. The van der Waals surface area contributed by atoms with Crippen molar-refractivity contribution in [1.29, 1.82) is 0 Å². The number of esters is 1. The second-order valence-corrected chi connectivity index (χ2v) is 24.3. The van der Waals surface area contributed by atoms with Crippen molar-refractivity contribution >= 4 is 21.8 Å². The summed E-state index contributed by atoms with van der Waals surface area (Å²) in [4.78, 5) is 27.7. The average molecular weight is 774 g/mol. The smallest absolute Gasteiger partial charge is 0.309 e. The number of hydrogen-bond acceptors (Lipinski definition) is 8. The molecule has 7 fully saturated rings. The van der Waals surface area contributed by atoms with Crippen LogP contribution >= 0.6 is 0 Å². The largest absolute Gasteiger partial charge is 0.481 e. The molecule has 1 unspecified atom stereocenters. The topological polar surface area (TPSA) is 139 Å². The Labute approximate surface area is 327 Å². The highest BCUT2D eigenvalue weighted by molar-refractivity contribution is 7.91. The number of fused-ring (bicyclic) bond motifs is 7. The van der Waals surface area contributed by atoms with Crippen molar-refractivity contribution in [3.8, 4) is 0 Å². The van der Waals surface area contributed by atoms with Crippen LogP contribution in [0.1, 0.15) is 133 Å². The van der Waals surface area contributed by atoms with Crippen molar-refractivity contribution in [2.75, 3.05) is 37.7 Å². The van der Waals surface area contributed by atoms with Gasteiger partial charge in [-0.1, -0.05) is 62.3 Å². The lowest BCUT2D eigenvalue weighted by Gasteiger charge is -2.73. The number of carboxylic acid groups (broad SMARTS) is 1. The minimum absolute atomic E-state index is 0.113. The number of rotatable bonds is 9. The average Bonchev–Trinajstić information content (AvgIpc) is 3.47. The van der Waals surface area contributed by atoms with Crippen LogP contribution in [0.25, 0.3) is 0 Å². The van der Waals surface area contributed by atoms with Crippen LogP contribution in [0.5, 0.6) is 0 Å². The van der Waals surface area contributed by atoms with Gasteiger partial charge < -0.3 is 20.9 Å². The van der Waals surface area contributed by atoms with E-state index >= 15 is 0 Å². The van der Waals surface area contributed by atoms with Crippen molar-refractivity contribution in [3.63, 3.8) is 0 Å². The van der Waals surface area contributed by atoms with Crippen LogP contribution in [-0.2, 0) is 24.2 Å². The van der Waals surface area contributed by atoms with Gasteiger partial charge in [-0.25, -0.2) is 8.42 Å². The Morgan fingerprint density at radius 2 is 1.52 bits per heavy atom. The van der Waals surface area contributed by atoms with Gasteiger partial charge in [0.1, 0.15) is 6.10 Å². The van der Waals surface area contributed by atoms with Gasteiger partial charge in [-0.05, 0) is 128 Å². The second kappa shape index (κ2) is 13.7. The zero-order chi connectivity index (χ0) is 39.4. The molecule has 9 nitrogen and oxygen atoms in total. The Kier molecular flexibility index (Phi) is 10.4. The molecule has 1 aliphatic heterocycles. The number of nitrogens with zero attached hydrogens (tertiary/aromatic N) is 1. The molecular formula is C44H75N3O6S. The van der Waals surface area contributed by atoms with E-state index in [1.54, 1.807) is 0 Å². The summed E-state index contributed by atoms with van der Waals surface area (Å²) in [5.74, 6) is 2.35. The third-order valence-electron chi connectivity index (χ3n) is 19.2. The number of aliphatic carboxylic acids is 1. The standard InChI is InChI=1S/C44H75N3O6S/c1-27(2)29-12-17-44(46-26-28(25-45)47-20-22-54(51,52)23-21-47)19-18-42(8)30(36(29)44)10-11-34-41(7)15-14-35(40(5,6)33(41)13-16-43(34,42)9)53-38(50)32-24-31(37(48)49)39(32,3)4/h27-36,46H,10-26,45H2,1-9H3,(H,48,49)/t28?,29-,30+,31-,32+,33-,34+,35-,36+,41-,42+,43+,44-/m0/s1. The molecule has 0 radical (unpaired) electrons. The van der Waals surface area contributed by atoms with Gasteiger partial charge in [-0.15, -0.1) is 0 Å². The lowest BCUT2D eigenvalue weighted by Crippen LogP contribution is -2.69. The molecule has 308 valence electrons.